The Balaban J connectivity index is 1.36. The van der Waals surface area contributed by atoms with Crippen LogP contribution in [0.15, 0.2) is 36.9 Å². The molecule has 2 atom stereocenters. The fourth-order valence-corrected chi connectivity index (χ4v) is 3.61. The van der Waals surface area contributed by atoms with Crippen molar-refractivity contribution in [2.75, 3.05) is 29.9 Å². The van der Waals surface area contributed by atoms with Crippen molar-refractivity contribution in [3.05, 3.63) is 42.6 Å². The van der Waals surface area contributed by atoms with Gasteiger partial charge in [-0.25, -0.2) is 9.97 Å². The van der Waals surface area contributed by atoms with E-state index >= 15 is 0 Å². The first-order valence-corrected chi connectivity index (χ1v) is 8.50. The molecule has 0 aromatic carbocycles. The highest BCUT2D eigenvalue weighted by molar-refractivity contribution is 5.92. The van der Waals surface area contributed by atoms with Gasteiger partial charge in [-0.05, 0) is 18.6 Å². The number of anilines is 2. The summed E-state index contributed by atoms with van der Waals surface area (Å²) in [7, 11) is 0. The second kappa shape index (κ2) is 6.76. The number of halogens is 3. The van der Waals surface area contributed by atoms with Crippen molar-refractivity contribution in [2.24, 2.45) is 0 Å². The maximum atomic E-state index is 12.8. The zero-order chi connectivity index (χ0) is 19.0. The summed E-state index contributed by atoms with van der Waals surface area (Å²) in [6, 6.07) is 4.71. The van der Waals surface area contributed by atoms with Gasteiger partial charge in [0.2, 0.25) is 5.91 Å². The van der Waals surface area contributed by atoms with E-state index in [2.05, 4.69) is 25.2 Å². The van der Waals surface area contributed by atoms with Crippen LogP contribution in [-0.2, 0) is 11.0 Å². The number of pyridine rings is 1. The number of carbonyl (C=O) groups excluding carboxylic acids is 1. The molecule has 1 amide bonds. The molecular formula is C17H17F3N6O. The summed E-state index contributed by atoms with van der Waals surface area (Å²) >= 11 is 0. The Morgan fingerprint density at radius 1 is 1.26 bits per heavy atom. The highest BCUT2D eigenvalue weighted by Gasteiger charge is 2.45. The van der Waals surface area contributed by atoms with Crippen LogP contribution >= 0.6 is 0 Å². The Labute approximate surface area is 153 Å². The van der Waals surface area contributed by atoms with E-state index in [0.29, 0.717) is 18.8 Å². The maximum Gasteiger partial charge on any atom is 0.433 e. The molecule has 2 aromatic heterocycles. The second-order valence-electron chi connectivity index (χ2n) is 6.67. The Kier molecular flexibility index (Phi) is 4.42. The number of nitrogens with one attached hydrogen (secondary N) is 1. The van der Waals surface area contributed by atoms with Crippen molar-refractivity contribution in [3.8, 4) is 0 Å². The van der Waals surface area contributed by atoms with E-state index in [0.717, 1.165) is 18.8 Å². The molecular weight excluding hydrogens is 361 g/mol. The van der Waals surface area contributed by atoms with Gasteiger partial charge in [-0.1, -0.05) is 0 Å². The number of piperazine rings is 1. The smallest absolute Gasteiger partial charge is 0.353 e. The summed E-state index contributed by atoms with van der Waals surface area (Å²) in [5.41, 5.74) is -0.310. The molecule has 5 rings (SSSR count). The van der Waals surface area contributed by atoms with Gasteiger partial charge in [0.1, 0.15) is 17.8 Å². The molecule has 3 fully saturated rings. The Morgan fingerprint density at radius 3 is 2.70 bits per heavy atom. The molecule has 5 heterocycles. The van der Waals surface area contributed by atoms with Gasteiger partial charge in [0.25, 0.3) is 0 Å². The molecule has 142 valence electrons. The lowest BCUT2D eigenvalue weighted by molar-refractivity contribution is -0.141. The molecule has 3 aliphatic heterocycles. The predicted octanol–water partition coefficient (Wildman–Crippen LogP) is 1.79. The number of nitrogens with zero attached hydrogens (tertiary/aromatic N) is 5. The molecule has 7 nitrogen and oxygen atoms in total. The zero-order valence-corrected chi connectivity index (χ0v) is 14.2. The Morgan fingerprint density at radius 2 is 2.04 bits per heavy atom. The summed E-state index contributed by atoms with van der Waals surface area (Å²) in [5.74, 6) is 0.138. The average Bonchev–Trinajstić information content (AvgIpc) is 2.66. The van der Waals surface area contributed by atoms with Crippen LogP contribution in [0.2, 0.25) is 0 Å². The lowest BCUT2D eigenvalue weighted by Crippen LogP contribution is -2.69. The van der Waals surface area contributed by atoms with E-state index in [1.807, 2.05) is 4.90 Å². The van der Waals surface area contributed by atoms with E-state index in [-0.39, 0.29) is 30.4 Å². The first kappa shape index (κ1) is 17.7. The summed E-state index contributed by atoms with van der Waals surface area (Å²) < 4.78 is 38.5. The van der Waals surface area contributed by atoms with Crippen LogP contribution in [0.1, 0.15) is 12.1 Å². The number of piperidine rings is 1. The monoisotopic (exact) mass is 378 g/mol. The molecule has 0 aliphatic carbocycles. The molecule has 2 aromatic rings. The molecule has 3 saturated heterocycles. The van der Waals surface area contributed by atoms with Gasteiger partial charge >= 0.3 is 6.18 Å². The third kappa shape index (κ3) is 3.70. The molecule has 0 saturated carbocycles. The van der Waals surface area contributed by atoms with E-state index in [4.69, 9.17) is 0 Å². The number of aromatic nitrogens is 3. The number of hydrogen-bond acceptors (Lipinski definition) is 6. The Bertz CT molecular complexity index is 819. The quantitative estimate of drug-likeness (QED) is 0.875. The molecule has 3 aliphatic rings. The summed E-state index contributed by atoms with van der Waals surface area (Å²) in [6.07, 6.45) is 0.573. The lowest BCUT2D eigenvalue weighted by Gasteiger charge is -2.56. The van der Waals surface area contributed by atoms with E-state index in [9.17, 15) is 18.0 Å². The van der Waals surface area contributed by atoms with Crippen molar-refractivity contribution in [2.45, 2.75) is 24.7 Å². The van der Waals surface area contributed by atoms with Crippen molar-refractivity contribution in [1.82, 2.24) is 19.9 Å². The minimum atomic E-state index is -4.49. The lowest BCUT2D eigenvalue weighted by atomic mass is 9.87. The van der Waals surface area contributed by atoms with Crippen molar-refractivity contribution in [1.29, 1.82) is 0 Å². The second-order valence-corrected chi connectivity index (χ2v) is 6.67. The highest BCUT2D eigenvalue weighted by atomic mass is 19.4. The number of carbonyl (C=O) groups is 1. The predicted molar refractivity (Wildman–Crippen MR) is 91.0 cm³/mol. The van der Waals surface area contributed by atoms with E-state index < -0.39 is 11.9 Å². The average molecular weight is 378 g/mol. The number of fused-ring (bicyclic) bond motifs is 2. The number of alkyl halides is 3. The summed E-state index contributed by atoms with van der Waals surface area (Å²) in [5, 5.41) is 2.79. The van der Waals surface area contributed by atoms with Gasteiger partial charge in [-0.15, -0.1) is 0 Å². The summed E-state index contributed by atoms with van der Waals surface area (Å²) in [6.45, 7) is 1.31. The molecule has 1 N–H and O–H groups in total. The van der Waals surface area contributed by atoms with Gasteiger partial charge in [-0.3, -0.25) is 14.7 Å². The first-order valence-electron chi connectivity index (χ1n) is 8.50. The molecule has 2 unspecified atom stereocenters. The van der Waals surface area contributed by atoms with Gasteiger partial charge < -0.3 is 10.2 Å². The normalized spacial score (nSPS) is 22.3. The van der Waals surface area contributed by atoms with Gasteiger partial charge in [0.15, 0.2) is 0 Å². The van der Waals surface area contributed by atoms with Crippen LogP contribution in [0.4, 0.5) is 24.7 Å². The summed E-state index contributed by atoms with van der Waals surface area (Å²) in [4.78, 5) is 27.3. The van der Waals surface area contributed by atoms with Gasteiger partial charge in [0, 0.05) is 37.4 Å². The van der Waals surface area contributed by atoms with Crippen LogP contribution in [0.5, 0.6) is 0 Å². The van der Waals surface area contributed by atoms with Crippen LogP contribution in [0, 0.1) is 0 Å². The number of rotatable bonds is 4. The minimum Gasteiger partial charge on any atom is -0.353 e. The van der Waals surface area contributed by atoms with Crippen molar-refractivity contribution in [3.63, 3.8) is 0 Å². The van der Waals surface area contributed by atoms with E-state index in [1.165, 1.54) is 0 Å². The SMILES string of the molecule is O=C(CN1C2CC1CN(c1cc(C(F)(F)F)ncn1)C2)Nc1cccnc1. The van der Waals surface area contributed by atoms with Gasteiger partial charge in [0.05, 0.1) is 18.4 Å². The molecule has 10 heteroatoms. The van der Waals surface area contributed by atoms with Gasteiger partial charge in [-0.2, -0.15) is 13.2 Å². The Hall–Kier alpha value is -2.75. The number of hydrogen-bond donors (Lipinski definition) is 1. The third-order valence-corrected chi connectivity index (χ3v) is 4.88. The fourth-order valence-electron chi connectivity index (χ4n) is 3.61. The largest absolute Gasteiger partial charge is 0.433 e. The number of amides is 1. The molecule has 0 spiro atoms. The fraction of sp³-hybridized carbons (Fsp3) is 0.412. The van der Waals surface area contributed by atoms with Crippen LogP contribution in [0.25, 0.3) is 0 Å². The maximum absolute atomic E-state index is 12.8. The zero-order valence-electron chi connectivity index (χ0n) is 14.2. The molecule has 0 radical (unpaired) electrons. The first-order chi connectivity index (χ1) is 12.9. The third-order valence-electron chi connectivity index (χ3n) is 4.88. The van der Waals surface area contributed by atoms with Crippen LogP contribution in [0.3, 0.4) is 0 Å². The van der Waals surface area contributed by atoms with E-state index in [1.54, 1.807) is 24.5 Å². The topological polar surface area (TPSA) is 74.2 Å². The van der Waals surface area contributed by atoms with Crippen LogP contribution < -0.4 is 10.2 Å². The minimum absolute atomic E-state index is 0.118. The molecule has 2 bridgehead atoms. The molecule has 27 heavy (non-hydrogen) atoms. The van der Waals surface area contributed by atoms with Crippen molar-refractivity contribution >= 4 is 17.4 Å². The highest BCUT2D eigenvalue weighted by Crippen LogP contribution is 2.35. The standard InChI is InChI=1S/C17H17F3N6O/c18-17(19,20)14-5-15(23-10-22-14)25-7-12-4-13(8-25)26(12)9-16(27)24-11-2-1-3-21-6-11/h1-3,5-6,10,12-13H,4,7-9H2,(H,24,27). The van der Waals surface area contributed by atoms with Crippen molar-refractivity contribution < 1.29 is 18.0 Å². The van der Waals surface area contributed by atoms with Crippen LogP contribution in [-0.4, -0.2) is 57.5 Å².